The van der Waals surface area contributed by atoms with Gasteiger partial charge >= 0.3 is 12.1 Å². The van der Waals surface area contributed by atoms with Crippen molar-refractivity contribution in [3.8, 4) is 0 Å². The van der Waals surface area contributed by atoms with E-state index in [0.717, 1.165) is 49.0 Å². The number of aliphatic hydroxyl groups excluding tert-OH is 1. The van der Waals surface area contributed by atoms with E-state index in [2.05, 4.69) is 26.6 Å². The SMILES string of the molecule is CC[C@H](C)[C@@H]([C@@H](CC(=O)N1CCC[C@H]1[C@H](OC)[C@@H](C)C(=O)C[C@H](C)[C@@H](O)c1ccccc1)OC)N(C)C(=O)[C@@H](CC(=O)[C@H](C(C)C)N(C)C(=O)OCc1ccc(NC(=O)[C@H](CCCNC(N)=O)CC(=O)[C@@H](NC(=O)CCCC(=O)NCCC(=O)N(C)CC(=O)N(C)CC(=O)N(C)CC(=O)N(C)CC(=O)N(C)CC(=O)N(C)CC(=O)N(C)CC(=O)N(C)CC(=O)N(C)CC(=O)N(C)CC(=O)N[C@H](C)C(=O)C(C)C)C(C)C)cc1)C(C)C. The third kappa shape index (κ3) is 43.2. The van der Waals surface area contributed by atoms with Crippen LogP contribution in [0.3, 0.4) is 0 Å². The molecule has 0 unspecified atom stereocenters. The Morgan fingerprint density at radius 1 is 0.460 bits per heavy atom. The molecule has 0 spiro atoms. The maximum atomic E-state index is 15.0. The van der Waals surface area contributed by atoms with E-state index < -0.39 is 238 Å². The number of hydrogen-bond acceptors (Lipinski definition) is 26. The lowest BCUT2D eigenvalue weighted by Crippen LogP contribution is -2.54. The molecule has 0 saturated carbocycles. The highest BCUT2D eigenvalue weighted by Crippen LogP contribution is 2.34. The maximum Gasteiger partial charge on any atom is 0.410 e. The van der Waals surface area contributed by atoms with Gasteiger partial charge in [0.25, 0.3) is 0 Å². The number of benzene rings is 2. The minimum absolute atomic E-state index is 0.0350. The van der Waals surface area contributed by atoms with Gasteiger partial charge < -0.3 is 115 Å². The summed E-state index contributed by atoms with van der Waals surface area (Å²) in [5.74, 6) is -14.9. The van der Waals surface area contributed by atoms with Crippen molar-refractivity contribution in [2.24, 2.45) is 59.0 Å². The van der Waals surface area contributed by atoms with Gasteiger partial charge in [0.15, 0.2) is 17.3 Å². The highest BCUT2D eigenvalue weighted by Gasteiger charge is 2.45. The van der Waals surface area contributed by atoms with Crippen molar-refractivity contribution in [2.45, 2.75) is 229 Å². The number of primary amides is 1. The predicted octanol–water partition coefficient (Wildman–Crippen LogP) is 2.85. The Kier molecular flexibility index (Phi) is 56.5. The minimum Gasteiger partial charge on any atom is -0.445 e. The van der Waals surface area contributed by atoms with Crippen molar-refractivity contribution in [3.63, 3.8) is 0 Å². The summed E-state index contributed by atoms with van der Waals surface area (Å²) in [7, 11) is 19.2. The van der Waals surface area contributed by atoms with Gasteiger partial charge in [-0.05, 0) is 91.9 Å². The third-order valence-corrected chi connectivity index (χ3v) is 27.4. The fourth-order valence-electron chi connectivity index (χ4n) is 17.5. The van der Waals surface area contributed by atoms with Crippen LogP contribution in [0.25, 0.3) is 0 Å². The Balaban J connectivity index is 1.49. The molecule has 1 aliphatic heterocycles. The van der Waals surface area contributed by atoms with Crippen LogP contribution in [0, 0.1) is 53.3 Å². The van der Waals surface area contributed by atoms with E-state index in [9.17, 15) is 111 Å². The summed E-state index contributed by atoms with van der Waals surface area (Å²) >= 11 is 0. The van der Waals surface area contributed by atoms with Crippen LogP contribution in [-0.4, -0.2) is 425 Å². The molecule has 8 N–H and O–H groups in total. The van der Waals surface area contributed by atoms with Crippen LogP contribution in [0.2, 0.25) is 0 Å². The number of amides is 19. The third-order valence-electron chi connectivity index (χ3n) is 27.4. The van der Waals surface area contributed by atoms with Crippen LogP contribution in [0.4, 0.5) is 15.3 Å². The molecule has 0 bridgehead atoms. The molecule has 1 heterocycles. The second kappa shape index (κ2) is 64.6. The first-order valence-corrected chi connectivity index (χ1v) is 51.2. The summed E-state index contributed by atoms with van der Waals surface area (Å²) in [5, 5.41) is 24.3. The Hall–Kier alpha value is -12.9. The molecule has 0 aliphatic carbocycles. The van der Waals surface area contributed by atoms with Crippen LogP contribution in [0.1, 0.15) is 191 Å². The number of nitrogens with zero attached hydrogens (tertiary/aromatic N) is 13. The highest BCUT2D eigenvalue weighted by molar-refractivity contribution is 5.99. The number of anilines is 1. The molecule has 2 aromatic carbocycles. The van der Waals surface area contributed by atoms with Gasteiger partial charge in [-0.1, -0.05) is 132 Å². The number of urea groups is 1. The van der Waals surface area contributed by atoms with E-state index >= 15 is 0 Å². The topological polar surface area (TPSA) is 552 Å². The number of ether oxygens (including phenoxy) is 3. The normalized spacial score (nSPS) is 14.7. The van der Waals surface area contributed by atoms with Gasteiger partial charge in [0.05, 0.1) is 120 Å². The van der Waals surface area contributed by atoms with Gasteiger partial charge in [-0.2, -0.15) is 0 Å². The largest absolute Gasteiger partial charge is 0.445 e. The zero-order chi connectivity index (χ0) is 114. The first-order valence-electron chi connectivity index (χ1n) is 51.2. The molecule has 45 nitrogen and oxygen atoms in total. The predicted molar refractivity (Wildman–Crippen MR) is 558 cm³/mol. The van der Waals surface area contributed by atoms with E-state index in [1.165, 1.54) is 104 Å². The number of methoxy groups -OCH3 is 2. The molecule has 13 atom stereocenters. The summed E-state index contributed by atoms with van der Waals surface area (Å²) in [6.45, 7) is 18.4. The molecular formula is C105H169N19O26. The molecule has 1 aliphatic rings. The first-order chi connectivity index (χ1) is 70.1. The van der Waals surface area contributed by atoms with Gasteiger partial charge in [-0.3, -0.25) is 95.9 Å². The van der Waals surface area contributed by atoms with Gasteiger partial charge in [0.2, 0.25) is 94.5 Å². The molecule has 1 fully saturated rings. The lowest BCUT2D eigenvalue weighted by atomic mass is 9.83. The first kappa shape index (κ1) is 131. The van der Waals surface area contributed by atoms with Gasteiger partial charge in [0.1, 0.15) is 12.4 Å². The van der Waals surface area contributed by atoms with E-state index in [0.29, 0.717) is 42.6 Å². The maximum absolute atomic E-state index is 15.0. The number of likely N-dealkylation sites (tertiary alicyclic amines) is 1. The van der Waals surface area contributed by atoms with Crippen LogP contribution in [0.15, 0.2) is 54.6 Å². The number of nitrogens with one attached hydrogen (secondary N) is 5. The van der Waals surface area contributed by atoms with Crippen molar-refractivity contribution in [2.75, 3.05) is 189 Å². The van der Waals surface area contributed by atoms with Gasteiger partial charge in [0, 0.05) is 186 Å². The number of carbonyl (C=O) groups is 22. The van der Waals surface area contributed by atoms with Crippen molar-refractivity contribution < 1.29 is 125 Å². The van der Waals surface area contributed by atoms with E-state index in [1.54, 1.807) is 89.6 Å². The highest BCUT2D eigenvalue weighted by atomic mass is 16.6. The van der Waals surface area contributed by atoms with E-state index in [-0.39, 0.29) is 143 Å². The number of Topliss-reactive ketones (excluding diaryl/α,β-unsaturated/α-hetero) is 4. The van der Waals surface area contributed by atoms with Crippen LogP contribution in [0.5, 0.6) is 0 Å². The molecule has 45 heteroatoms. The quantitative estimate of drug-likeness (QED) is 0.0468. The number of likely N-dealkylation sites (N-methyl/N-ethyl adjacent to an activating group) is 12. The lowest BCUT2D eigenvalue weighted by Gasteiger charge is -2.41. The van der Waals surface area contributed by atoms with E-state index in [4.69, 9.17) is 19.9 Å². The molecule has 3 rings (SSSR count). The number of nitrogens with two attached hydrogens (primary N) is 1. The monoisotopic (exact) mass is 2110 g/mol. The number of hydrogen-bond donors (Lipinski definition) is 7. The molecule has 19 amide bonds. The average Bonchev–Trinajstić information content (AvgIpc) is 1.48. The molecular weight excluding hydrogens is 1940 g/mol. The Labute approximate surface area is 883 Å². The average molecular weight is 2110 g/mol. The zero-order valence-corrected chi connectivity index (χ0v) is 93.1. The summed E-state index contributed by atoms with van der Waals surface area (Å²) in [6.07, 6.45) is -1.91. The summed E-state index contributed by atoms with van der Waals surface area (Å²) in [4.78, 5) is 309. The van der Waals surface area contributed by atoms with E-state index in [1.807, 2.05) is 65.0 Å². The van der Waals surface area contributed by atoms with Crippen LogP contribution in [-0.2, 0) is 117 Å². The molecule has 0 aromatic heterocycles. The van der Waals surface area contributed by atoms with Crippen LogP contribution >= 0.6 is 0 Å². The minimum atomic E-state index is -1.06. The Bertz CT molecular complexity index is 4910. The van der Waals surface area contributed by atoms with Crippen LogP contribution < -0.4 is 32.3 Å². The summed E-state index contributed by atoms with van der Waals surface area (Å²) < 4.78 is 17.9. The number of rotatable bonds is 65. The van der Waals surface area contributed by atoms with Crippen molar-refractivity contribution in [3.05, 3.63) is 65.7 Å². The molecule has 150 heavy (non-hydrogen) atoms. The smallest absolute Gasteiger partial charge is 0.410 e. The van der Waals surface area contributed by atoms with Crippen molar-refractivity contribution in [1.29, 1.82) is 0 Å². The lowest BCUT2D eigenvalue weighted by molar-refractivity contribution is -0.149. The number of aliphatic hydroxyl groups is 1. The molecule has 1 saturated heterocycles. The molecule has 2 aromatic rings. The second-order valence-electron chi connectivity index (χ2n) is 41.0. The zero-order valence-electron chi connectivity index (χ0n) is 93.1. The summed E-state index contributed by atoms with van der Waals surface area (Å²) in [6, 6.07) is 10.8. The fourth-order valence-corrected chi connectivity index (χ4v) is 17.5. The molecule has 840 valence electrons. The van der Waals surface area contributed by atoms with Gasteiger partial charge in [-0.15, -0.1) is 0 Å². The molecule has 0 radical (unpaired) electrons. The standard InChI is InChI=1S/C105H169N19O26/c1-28-68(10)98(81(148-26)52-86(132)124-48-34-38-77(124)101(149-27)70(12)78(125)49-69(11)100(143)73-35-30-29-31-36-73)122(24)103(145)76(64(2)3)51-80(127)97(66(6)7)123(25)105(147)150-63-72-41-43-75(44-42-72)110-102(144)74(37-33-46-108-104(106)146)50-79(126)96(65(4)5)111-83(129)40-32-39-82(128)107-47-45-85(131)113(15)54-88(134)115(17)56-90(136)117(19)58-92(138)119(21)60-94(140)121(23)62-95(141)120(22)61-93(139)118(20)59-91(137)116(18)57-89(135)114(16)55-87(133)112(14)53-84(130)109-71(13)99(142)67(8)9/h29-31,35-36,41-44,64-71,74,76-77,81,96-98,100-101,143H,28,32-34,37-40,45-63H2,1-27H3,(H,107,128)(H,109,130)(H,110,144)(H,111,129)(H3,106,108,146)/t68-,69-,70-,71+,74+,76-,77-,81+,96-,97-,98-,100+,101+/m0/s1. The van der Waals surface area contributed by atoms with Gasteiger partial charge in [-0.25, -0.2) is 9.59 Å². The summed E-state index contributed by atoms with van der Waals surface area (Å²) in [5.41, 5.74) is 6.84. The van der Waals surface area contributed by atoms with Crippen molar-refractivity contribution in [1.82, 2.24) is 85.0 Å². The number of ketones is 4. The Morgan fingerprint density at radius 2 is 0.920 bits per heavy atom. The van der Waals surface area contributed by atoms with Crippen molar-refractivity contribution >= 4 is 135 Å². The second-order valence-corrected chi connectivity index (χ2v) is 41.0. The Morgan fingerprint density at radius 3 is 1.35 bits per heavy atom. The fraction of sp³-hybridized carbons (Fsp3) is 0.676. The number of carbonyl (C=O) groups excluding carboxylic acids is 22.